The summed E-state index contributed by atoms with van der Waals surface area (Å²) < 4.78 is 5.64. The number of hydrogen-bond acceptors (Lipinski definition) is 2. The number of benzene rings is 1. The summed E-state index contributed by atoms with van der Waals surface area (Å²) in [7, 11) is 0. The largest absolute Gasteiger partial charge is 0.492 e. The summed E-state index contributed by atoms with van der Waals surface area (Å²) in [6.45, 7) is 6.11. The van der Waals surface area contributed by atoms with Crippen LogP contribution >= 0.6 is 0 Å². The lowest BCUT2D eigenvalue weighted by atomic mass is 10.0. The van der Waals surface area contributed by atoms with E-state index in [0.29, 0.717) is 19.2 Å². The van der Waals surface area contributed by atoms with Gasteiger partial charge in [-0.2, -0.15) is 0 Å². The Kier molecular flexibility index (Phi) is 5.90. The van der Waals surface area contributed by atoms with E-state index in [1.807, 2.05) is 36.1 Å². The second-order valence-corrected chi connectivity index (χ2v) is 5.65. The summed E-state index contributed by atoms with van der Waals surface area (Å²) in [6.07, 6.45) is 4.51. The van der Waals surface area contributed by atoms with Gasteiger partial charge in [0.2, 0.25) is 0 Å². The van der Waals surface area contributed by atoms with E-state index in [1.165, 1.54) is 12.0 Å². The number of carbonyl (C=O) groups excluding carboxylic acids is 1. The maximum atomic E-state index is 12.2. The highest BCUT2D eigenvalue weighted by atomic mass is 16.5. The third-order valence-electron chi connectivity index (χ3n) is 4.00. The minimum absolute atomic E-state index is 0.0504. The molecule has 116 valence electrons. The third-order valence-corrected chi connectivity index (χ3v) is 4.00. The van der Waals surface area contributed by atoms with Crippen molar-refractivity contribution in [3.8, 4) is 5.75 Å². The Hall–Kier alpha value is -1.71. The number of ether oxygens (including phenoxy) is 1. The summed E-state index contributed by atoms with van der Waals surface area (Å²) >= 11 is 0. The summed E-state index contributed by atoms with van der Waals surface area (Å²) in [4.78, 5) is 14.2. The molecule has 1 atom stereocenters. The minimum atomic E-state index is 0.0504. The Morgan fingerprint density at radius 3 is 3.05 bits per heavy atom. The van der Waals surface area contributed by atoms with Crippen LogP contribution in [-0.4, -0.2) is 36.7 Å². The van der Waals surface area contributed by atoms with Crippen LogP contribution in [0.25, 0.3) is 0 Å². The molecule has 0 radical (unpaired) electrons. The molecule has 1 aliphatic heterocycles. The highest BCUT2D eigenvalue weighted by Crippen LogP contribution is 2.19. The van der Waals surface area contributed by atoms with E-state index in [1.54, 1.807) is 0 Å². The van der Waals surface area contributed by atoms with Crippen LogP contribution in [-0.2, 0) is 0 Å². The maximum Gasteiger partial charge on any atom is 0.317 e. The molecule has 1 fully saturated rings. The normalized spacial score (nSPS) is 18.4. The van der Waals surface area contributed by atoms with Gasteiger partial charge < -0.3 is 15.0 Å². The van der Waals surface area contributed by atoms with Crippen LogP contribution < -0.4 is 10.1 Å². The molecule has 21 heavy (non-hydrogen) atoms. The average Bonchev–Trinajstić information content (AvgIpc) is 2.51. The van der Waals surface area contributed by atoms with Gasteiger partial charge in [0.25, 0.3) is 0 Å². The second kappa shape index (κ2) is 7.91. The molecule has 1 aliphatic rings. The number of nitrogens with one attached hydrogen (secondary N) is 1. The topological polar surface area (TPSA) is 41.6 Å². The number of carbonyl (C=O) groups is 1. The fourth-order valence-corrected chi connectivity index (χ4v) is 2.83. The van der Waals surface area contributed by atoms with E-state index < -0.39 is 0 Å². The first kappa shape index (κ1) is 15.7. The van der Waals surface area contributed by atoms with Crippen molar-refractivity contribution in [1.29, 1.82) is 0 Å². The number of nitrogens with zero attached hydrogens (tertiary/aromatic N) is 1. The first-order valence-corrected chi connectivity index (χ1v) is 7.94. The van der Waals surface area contributed by atoms with E-state index in [2.05, 4.69) is 12.2 Å². The highest BCUT2D eigenvalue weighted by molar-refractivity contribution is 5.74. The quantitative estimate of drug-likeness (QED) is 0.845. The van der Waals surface area contributed by atoms with Crippen LogP contribution in [0.15, 0.2) is 24.3 Å². The number of piperidine rings is 1. The van der Waals surface area contributed by atoms with Crippen molar-refractivity contribution in [1.82, 2.24) is 10.2 Å². The SMILES string of the molecule is CCC1CCCCN1C(=O)NCCOc1cccc(C)c1. The molecule has 1 N–H and O–H groups in total. The molecule has 2 rings (SSSR count). The molecule has 1 unspecified atom stereocenters. The molecule has 1 aromatic carbocycles. The molecule has 0 spiro atoms. The van der Waals surface area contributed by atoms with Gasteiger partial charge in [0, 0.05) is 12.6 Å². The highest BCUT2D eigenvalue weighted by Gasteiger charge is 2.24. The zero-order valence-electron chi connectivity index (χ0n) is 13.1. The first-order chi connectivity index (χ1) is 10.2. The minimum Gasteiger partial charge on any atom is -0.492 e. The number of amides is 2. The smallest absolute Gasteiger partial charge is 0.317 e. The summed E-state index contributed by atoms with van der Waals surface area (Å²) in [5.41, 5.74) is 1.18. The van der Waals surface area contributed by atoms with Crippen LogP contribution in [0.3, 0.4) is 0 Å². The van der Waals surface area contributed by atoms with Crippen molar-refractivity contribution in [3.63, 3.8) is 0 Å². The van der Waals surface area contributed by atoms with Gasteiger partial charge in [-0.3, -0.25) is 0 Å². The van der Waals surface area contributed by atoms with Crippen molar-refractivity contribution in [2.24, 2.45) is 0 Å². The van der Waals surface area contributed by atoms with Crippen LogP contribution in [0.2, 0.25) is 0 Å². The lowest BCUT2D eigenvalue weighted by Gasteiger charge is -2.35. The molecule has 1 saturated heterocycles. The Bertz CT molecular complexity index is 462. The van der Waals surface area contributed by atoms with Gasteiger partial charge in [0.05, 0.1) is 6.54 Å². The van der Waals surface area contributed by atoms with Crippen LogP contribution in [0, 0.1) is 6.92 Å². The van der Waals surface area contributed by atoms with E-state index in [9.17, 15) is 4.79 Å². The van der Waals surface area contributed by atoms with Crippen molar-refractivity contribution in [2.45, 2.75) is 45.6 Å². The fraction of sp³-hybridized carbons (Fsp3) is 0.588. The number of hydrogen-bond donors (Lipinski definition) is 1. The maximum absolute atomic E-state index is 12.2. The monoisotopic (exact) mass is 290 g/mol. The number of likely N-dealkylation sites (tertiary alicyclic amines) is 1. The van der Waals surface area contributed by atoms with Crippen LogP contribution in [0.4, 0.5) is 4.79 Å². The average molecular weight is 290 g/mol. The second-order valence-electron chi connectivity index (χ2n) is 5.65. The molecule has 0 aliphatic carbocycles. The van der Waals surface area contributed by atoms with Gasteiger partial charge in [-0.05, 0) is 50.3 Å². The Morgan fingerprint density at radius 1 is 1.43 bits per heavy atom. The van der Waals surface area contributed by atoms with Gasteiger partial charge in [-0.1, -0.05) is 19.1 Å². The first-order valence-electron chi connectivity index (χ1n) is 7.94. The molecule has 0 bridgehead atoms. The van der Waals surface area contributed by atoms with Gasteiger partial charge in [0.1, 0.15) is 12.4 Å². The van der Waals surface area contributed by atoms with Crippen molar-refractivity contribution < 1.29 is 9.53 Å². The molecule has 0 saturated carbocycles. The fourth-order valence-electron chi connectivity index (χ4n) is 2.83. The number of urea groups is 1. The van der Waals surface area contributed by atoms with Gasteiger partial charge in [-0.25, -0.2) is 4.79 Å². The van der Waals surface area contributed by atoms with Crippen LogP contribution in [0.5, 0.6) is 5.75 Å². The van der Waals surface area contributed by atoms with E-state index in [-0.39, 0.29) is 6.03 Å². The van der Waals surface area contributed by atoms with Gasteiger partial charge in [-0.15, -0.1) is 0 Å². The zero-order valence-corrected chi connectivity index (χ0v) is 13.1. The predicted octanol–water partition coefficient (Wildman–Crippen LogP) is 3.35. The molecule has 4 nitrogen and oxygen atoms in total. The molecule has 0 aromatic heterocycles. The van der Waals surface area contributed by atoms with Gasteiger partial charge >= 0.3 is 6.03 Å². The Balaban J connectivity index is 1.71. The number of rotatable bonds is 5. The van der Waals surface area contributed by atoms with Gasteiger partial charge in [0.15, 0.2) is 0 Å². The molecular formula is C17H26N2O2. The number of aryl methyl sites for hydroxylation is 1. The predicted molar refractivity (Wildman–Crippen MR) is 84.7 cm³/mol. The van der Waals surface area contributed by atoms with Crippen molar-refractivity contribution in [3.05, 3.63) is 29.8 Å². The molecule has 1 aromatic rings. The molecular weight excluding hydrogens is 264 g/mol. The third kappa shape index (κ3) is 4.66. The lowest BCUT2D eigenvalue weighted by Crippen LogP contribution is -2.49. The summed E-state index contributed by atoms with van der Waals surface area (Å²) in [6, 6.07) is 8.40. The molecule has 1 heterocycles. The zero-order chi connectivity index (χ0) is 15.1. The summed E-state index contributed by atoms with van der Waals surface area (Å²) in [5.74, 6) is 0.855. The van der Waals surface area contributed by atoms with Crippen molar-refractivity contribution in [2.75, 3.05) is 19.7 Å². The van der Waals surface area contributed by atoms with Crippen molar-refractivity contribution >= 4 is 6.03 Å². The standard InChI is InChI=1S/C17H26N2O2/c1-3-15-8-4-5-11-19(15)17(20)18-10-12-21-16-9-6-7-14(2)13-16/h6-7,9,13,15H,3-5,8,10-12H2,1-2H3,(H,18,20). The van der Waals surface area contributed by atoms with E-state index in [4.69, 9.17) is 4.74 Å². The molecule has 4 heteroatoms. The Labute approximate surface area is 127 Å². The molecule has 2 amide bonds. The lowest BCUT2D eigenvalue weighted by molar-refractivity contribution is 0.147. The van der Waals surface area contributed by atoms with Crippen LogP contribution in [0.1, 0.15) is 38.2 Å². The van der Waals surface area contributed by atoms with E-state index in [0.717, 1.165) is 31.6 Å². The van der Waals surface area contributed by atoms with E-state index >= 15 is 0 Å². The summed E-state index contributed by atoms with van der Waals surface area (Å²) in [5, 5.41) is 2.96. The Morgan fingerprint density at radius 2 is 2.29 bits per heavy atom.